The lowest BCUT2D eigenvalue weighted by molar-refractivity contribution is -0.142. The summed E-state index contributed by atoms with van der Waals surface area (Å²) < 4.78 is 0. The van der Waals surface area contributed by atoms with Crippen LogP contribution in [0.3, 0.4) is 0 Å². The van der Waals surface area contributed by atoms with Crippen LogP contribution in [0, 0.1) is 0 Å². The van der Waals surface area contributed by atoms with Crippen LogP contribution in [-0.2, 0) is 14.4 Å². The van der Waals surface area contributed by atoms with E-state index in [1.165, 1.54) is 0 Å². The average Bonchev–Trinajstić information content (AvgIpc) is 2.23. The molecule has 7 heteroatoms. The van der Waals surface area contributed by atoms with Crippen LogP contribution in [-0.4, -0.2) is 40.9 Å². The number of nitrogens with one attached hydrogen (secondary N) is 1. The van der Waals surface area contributed by atoms with Crippen molar-refractivity contribution in [3.63, 3.8) is 0 Å². The van der Waals surface area contributed by atoms with Gasteiger partial charge in [0, 0.05) is 12.8 Å². The Balaban J connectivity index is 4.02. The summed E-state index contributed by atoms with van der Waals surface area (Å²) in [6.07, 6.45) is 2.90. The van der Waals surface area contributed by atoms with Gasteiger partial charge in [-0.25, -0.2) is 4.79 Å². The molecule has 0 radical (unpaired) electrons. The highest BCUT2D eigenvalue weighted by molar-refractivity contribution is 7.98. The van der Waals surface area contributed by atoms with Gasteiger partial charge in [0.15, 0.2) is 0 Å². The number of carbonyl (C=O) groups excluding carboxylic acids is 2. The number of aliphatic carboxylic acids is 1. The van der Waals surface area contributed by atoms with Crippen molar-refractivity contribution in [1.29, 1.82) is 0 Å². The summed E-state index contributed by atoms with van der Waals surface area (Å²) in [5, 5.41) is 11.2. The Morgan fingerprint density at radius 2 is 2.00 bits per heavy atom. The van der Waals surface area contributed by atoms with Gasteiger partial charge in [-0.15, -0.1) is 0 Å². The van der Waals surface area contributed by atoms with Crippen molar-refractivity contribution in [2.75, 3.05) is 12.0 Å². The minimum Gasteiger partial charge on any atom is -0.480 e. The van der Waals surface area contributed by atoms with E-state index in [0.717, 1.165) is 5.75 Å². The van der Waals surface area contributed by atoms with E-state index in [-0.39, 0.29) is 18.7 Å². The van der Waals surface area contributed by atoms with Gasteiger partial charge in [0.1, 0.15) is 6.04 Å². The Hall–Kier alpha value is -1.24. The number of carbonyl (C=O) groups is 3. The smallest absolute Gasteiger partial charge is 0.326 e. The SMILES string of the molecule is CSCCCC(=O)NC(CCC(N)=O)C(=O)O. The second-order valence-electron chi connectivity index (χ2n) is 3.56. The molecule has 0 spiro atoms. The molecule has 2 amide bonds. The molecule has 0 aliphatic carbocycles. The fourth-order valence-electron chi connectivity index (χ4n) is 1.19. The number of carboxylic acid groups (broad SMARTS) is 1. The monoisotopic (exact) mass is 262 g/mol. The van der Waals surface area contributed by atoms with Gasteiger partial charge < -0.3 is 16.2 Å². The van der Waals surface area contributed by atoms with Crippen LogP contribution in [0.1, 0.15) is 25.7 Å². The average molecular weight is 262 g/mol. The summed E-state index contributed by atoms with van der Waals surface area (Å²) >= 11 is 1.63. The molecule has 1 unspecified atom stereocenters. The molecule has 17 heavy (non-hydrogen) atoms. The zero-order valence-corrected chi connectivity index (χ0v) is 10.6. The minimum absolute atomic E-state index is 0.0267. The molecule has 98 valence electrons. The fraction of sp³-hybridized carbons (Fsp3) is 0.700. The second kappa shape index (κ2) is 8.86. The van der Waals surface area contributed by atoms with E-state index in [4.69, 9.17) is 10.8 Å². The van der Waals surface area contributed by atoms with Gasteiger partial charge in [-0.3, -0.25) is 9.59 Å². The van der Waals surface area contributed by atoms with E-state index in [2.05, 4.69) is 5.32 Å². The maximum absolute atomic E-state index is 11.4. The van der Waals surface area contributed by atoms with Crippen LogP contribution in [0.5, 0.6) is 0 Å². The Labute approximate surface area is 104 Å². The number of primary amides is 1. The predicted octanol–water partition coefficient (Wildman–Crippen LogP) is -0.0355. The summed E-state index contributed by atoms with van der Waals surface area (Å²) in [6, 6.07) is -1.04. The summed E-state index contributed by atoms with van der Waals surface area (Å²) in [5.41, 5.74) is 4.92. The largest absolute Gasteiger partial charge is 0.480 e. The molecular formula is C10H18N2O4S. The number of thioether (sulfide) groups is 1. The van der Waals surface area contributed by atoms with Crippen molar-refractivity contribution in [2.45, 2.75) is 31.7 Å². The highest BCUT2D eigenvalue weighted by atomic mass is 32.2. The Bertz CT molecular complexity index is 283. The van der Waals surface area contributed by atoms with Crippen LogP contribution in [0.4, 0.5) is 0 Å². The van der Waals surface area contributed by atoms with Gasteiger partial charge in [-0.05, 0) is 24.9 Å². The molecule has 0 rings (SSSR count). The molecule has 0 saturated heterocycles. The topological polar surface area (TPSA) is 109 Å². The lowest BCUT2D eigenvalue weighted by Gasteiger charge is -2.13. The van der Waals surface area contributed by atoms with Crippen LogP contribution in [0.2, 0.25) is 0 Å². The van der Waals surface area contributed by atoms with Gasteiger partial charge in [-0.1, -0.05) is 0 Å². The van der Waals surface area contributed by atoms with Gasteiger partial charge in [0.2, 0.25) is 11.8 Å². The minimum atomic E-state index is -1.15. The quantitative estimate of drug-likeness (QED) is 0.505. The third kappa shape index (κ3) is 8.56. The van der Waals surface area contributed by atoms with Crippen molar-refractivity contribution in [2.24, 2.45) is 5.73 Å². The number of carboxylic acids is 1. The summed E-state index contributed by atoms with van der Waals surface area (Å²) in [7, 11) is 0. The third-order valence-corrected chi connectivity index (χ3v) is 2.76. The summed E-state index contributed by atoms with van der Waals surface area (Å²) in [6.45, 7) is 0. The summed E-state index contributed by atoms with van der Waals surface area (Å²) in [4.78, 5) is 32.7. The predicted molar refractivity (Wildman–Crippen MR) is 65.6 cm³/mol. The number of amides is 2. The van der Waals surface area contributed by atoms with E-state index in [1.807, 2.05) is 6.26 Å². The molecular weight excluding hydrogens is 244 g/mol. The molecule has 6 nitrogen and oxygen atoms in total. The van der Waals surface area contributed by atoms with Crippen LogP contribution in [0.25, 0.3) is 0 Å². The highest BCUT2D eigenvalue weighted by Crippen LogP contribution is 2.02. The molecule has 0 aliphatic heterocycles. The van der Waals surface area contributed by atoms with Crippen molar-refractivity contribution in [3.8, 4) is 0 Å². The van der Waals surface area contributed by atoms with Crippen molar-refractivity contribution in [1.82, 2.24) is 5.32 Å². The van der Waals surface area contributed by atoms with Crippen molar-refractivity contribution >= 4 is 29.5 Å². The zero-order chi connectivity index (χ0) is 13.3. The van der Waals surface area contributed by atoms with E-state index in [0.29, 0.717) is 12.8 Å². The molecule has 0 saturated carbocycles. The van der Waals surface area contributed by atoms with E-state index >= 15 is 0 Å². The van der Waals surface area contributed by atoms with Crippen molar-refractivity contribution < 1.29 is 19.5 Å². The molecule has 4 N–H and O–H groups in total. The number of nitrogens with two attached hydrogens (primary N) is 1. The number of hydrogen-bond donors (Lipinski definition) is 3. The molecule has 0 aliphatic rings. The van der Waals surface area contributed by atoms with Crippen molar-refractivity contribution in [3.05, 3.63) is 0 Å². The zero-order valence-electron chi connectivity index (χ0n) is 9.77. The number of hydrogen-bond acceptors (Lipinski definition) is 4. The Kier molecular flexibility index (Phi) is 8.21. The molecule has 0 aromatic rings. The lowest BCUT2D eigenvalue weighted by atomic mass is 10.1. The first-order valence-corrected chi connectivity index (χ1v) is 6.66. The first-order valence-electron chi connectivity index (χ1n) is 5.26. The van der Waals surface area contributed by atoms with Gasteiger partial charge in [-0.2, -0.15) is 11.8 Å². The first kappa shape index (κ1) is 15.8. The van der Waals surface area contributed by atoms with E-state index in [9.17, 15) is 14.4 Å². The van der Waals surface area contributed by atoms with Gasteiger partial charge in [0.25, 0.3) is 0 Å². The van der Waals surface area contributed by atoms with Gasteiger partial charge in [0.05, 0.1) is 0 Å². The number of rotatable bonds is 9. The highest BCUT2D eigenvalue weighted by Gasteiger charge is 2.19. The molecule has 0 aromatic carbocycles. The molecule has 0 fully saturated rings. The lowest BCUT2D eigenvalue weighted by Crippen LogP contribution is -2.41. The maximum atomic E-state index is 11.4. The fourth-order valence-corrected chi connectivity index (χ4v) is 1.62. The Morgan fingerprint density at radius 1 is 1.35 bits per heavy atom. The Morgan fingerprint density at radius 3 is 2.47 bits per heavy atom. The van der Waals surface area contributed by atoms with Crippen LogP contribution < -0.4 is 11.1 Å². The second-order valence-corrected chi connectivity index (χ2v) is 4.55. The maximum Gasteiger partial charge on any atom is 0.326 e. The molecule has 0 aromatic heterocycles. The summed E-state index contributed by atoms with van der Waals surface area (Å²) in [5.74, 6) is -1.18. The molecule has 0 heterocycles. The normalized spacial score (nSPS) is 11.8. The first-order chi connectivity index (χ1) is 7.97. The van der Waals surface area contributed by atoms with Crippen LogP contribution in [0.15, 0.2) is 0 Å². The molecule has 1 atom stereocenters. The van der Waals surface area contributed by atoms with Gasteiger partial charge >= 0.3 is 5.97 Å². The third-order valence-electron chi connectivity index (χ3n) is 2.07. The van der Waals surface area contributed by atoms with E-state index < -0.39 is 17.9 Å². The van der Waals surface area contributed by atoms with Crippen LogP contribution >= 0.6 is 11.8 Å². The molecule has 0 bridgehead atoms. The van der Waals surface area contributed by atoms with E-state index in [1.54, 1.807) is 11.8 Å². The standard InChI is InChI=1S/C10H18N2O4S/c1-17-6-2-3-9(14)12-7(10(15)16)4-5-8(11)13/h7H,2-6H2,1H3,(H2,11,13)(H,12,14)(H,15,16).